The van der Waals surface area contributed by atoms with Gasteiger partial charge in [-0.15, -0.1) is 0 Å². The smallest absolute Gasteiger partial charge is 0.230 e. The first kappa shape index (κ1) is 11.7. The average Bonchev–Trinajstić information content (AvgIpc) is 2.86. The minimum absolute atomic E-state index is 0.229. The van der Waals surface area contributed by atoms with Gasteiger partial charge in [-0.2, -0.15) is 0 Å². The maximum atomic E-state index is 12.7. The van der Waals surface area contributed by atoms with Crippen molar-refractivity contribution in [2.24, 2.45) is 5.41 Å². The summed E-state index contributed by atoms with van der Waals surface area (Å²) in [6.45, 7) is 6.25. The Morgan fingerprint density at radius 2 is 2.39 bits per heavy atom. The fraction of sp³-hybridized carbons (Fsp3) is 0.692. The van der Waals surface area contributed by atoms with Crippen LogP contribution in [0.1, 0.15) is 25.6 Å². The molecule has 0 aromatic carbocycles. The largest absolute Gasteiger partial charge is 0.333 e. The molecule has 0 spiro atoms. The molecule has 0 aliphatic carbocycles. The van der Waals surface area contributed by atoms with Gasteiger partial charge in [-0.25, -0.2) is 4.98 Å². The van der Waals surface area contributed by atoms with E-state index in [0.717, 1.165) is 44.8 Å². The molecule has 2 aliphatic heterocycles. The molecule has 1 saturated heterocycles. The van der Waals surface area contributed by atoms with E-state index in [0.29, 0.717) is 6.54 Å². The maximum Gasteiger partial charge on any atom is 0.230 e. The molecular weight excluding hydrogens is 228 g/mol. The Morgan fingerprint density at radius 3 is 3.17 bits per heavy atom. The van der Waals surface area contributed by atoms with E-state index < -0.39 is 0 Å². The maximum absolute atomic E-state index is 12.7. The highest BCUT2D eigenvalue weighted by atomic mass is 16.2. The molecule has 2 aliphatic rings. The van der Waals surface area contributed by atoms with E-state index in [4.69, 9.17) is 0 Å². The van der Waals surface area contributed by atoms with Crippen LogP contribution in [0.25, 0.3) is 0 Å². The summed E-state index contributed by atoms with van der Waals surface area (Å²) in [4.78, 5) is 18.9. The van der Waals surface area contributed by atoms with Crippen molar-refractivity contribution < 1.29 is 4.79 Å². The van der Waals surface area contributed by atoms with Crippen molar-refractivity contribution in [3.8, 4) is 0 Å². The number of amides is 1. The molecule has 3 rings (SSSR count). The molecule has 1 fully saturated rings. The van der Waals surface area contributed by atoms with Crippen LogP contribution in [0.3, 0.4) is 0 Å². The molecule has 5 heteroatoms. The van der Waals surface area contributed by atoms with Gasteiger partial charge >= 0.3 is 0 Å². The van der Waals surface area contributed by atoms with Gasteiger partial charge in [0.05, 0.1) is 12.0 Å². The van der Waals surface area contributed by atoms with Gasteiger partial charge in [-0.3, -0.25) is 4.79 Å². The fourth-order valence-corrected chi connectivity index (χ4v) is 2.97. The molecule has 1 atom stereocenters. The predicted molar refractivity (Wildman–Crippen MR) is 67.9 cm³/mol. The molecule has 18 heavy (non-hydrogen) atoms. The zero-order valence-corrected chi connectivity index (χ0v) is 10.9. The summed E-state index contributed by atoms with van der Waals surface area (Å²) in [6, 6.07) is 0. The highest BCUT2D eigenvalue weighted by Gasteiger charge is 2.38. The Balaban J connectivity index is 1.74. The second-order valence-corrected chi connectivity index (χ2v) is 5.60. The van der Waals surface area contributed by atoms with Gasteiger partial charge in [0.1, 0.15) is 5.82 Å². The third-order valence-corrected chi connectivity index (χ3v) is 4.15. The lowest BCUT2D eigenvalue weighted by atomic mass is 9.81. The van der Waals surface area contributed by atoms with Crippen molar-refractivity contribution in [1.29, 1.82) is 0 Å². The van der Waals surface area contributed by atoms with Crippen molar-refractivity contribution in [3.63, 3.8) is 0 Å². The number of rotatable bonds is 1. The number of hydrogen-bond donors (Lipinski definition) is 1. The molecule has 3 heterocycles. The van der Waals surface area contributed by atoms with Crippen molar-refractivity contribution in [1.82, 2.24) is 19.8 Å². The van der Waals surface area contributed by atoms with E-state index >= 15 is 0 Å². The standard InChI is InChI=1S/C13H20N4O/c1-13(3-2-4-14-10-13)12(18)17-8-7-16-6-5-15-11(16)9-17/h5-6,14H,2-4,7-10H2,1H3. The van der Waals surface area contributed by atoms with E-state index in [9.17, 15) is 4.79 Å². The molecule has 1 amide bonds. The summed E-state index contributed by atoms with van der Waals surface area (Å²) < 4.78 is 2.13. The number of hydrogen-bond acceptors (Lipinski definition) is 3. The van der Waals surface area contributed by atoms with Crippen LogP contribution < -0.4 is 5.32 Å². The second-order valence-electron chi connectivity index (χ2n) is 5.60. The molecule has 1 aromatic rings. The van der Waals surface area contributed by atoms with Crippen molar-refractivity contribution in [2.45, 2.75) is 32.9 Å². The van der Waals surface area contributed by atoms with Crippen LogP contribution in [-0.4, -0.2) is 40.0 Å². The first-order valence-electron chi connectivity index (χ1n) is 6.69. The van der Waals surface area contributed by atoms with Gasteiger partial charge < -0.3 is 14.8 Å². The van der Waals surface area contributed by atoms with E-state index in [1.165, 1.54) is 0 Å². The summed E-state index contributed by atoms with van der Waals surface area (Å²) in [7, 11) is 0. The molecular formula is C13H20N4O. The summed E-state index contributed by atoms with van der Waals surface area (Å²) in [6.07, 6.45) is 5.88. The highest BCUT2D eigenvalue weighted by Crippen LogP contribution is 2.29. The van der Waals surface area contributed by atoms with Crippen LogP contribution in [0.4, 0.5) is 0 Å². The van der Waals surface area contributed by atoms with Gasteiger partial charge in [-0.1, -0.05) is 0 Å². The number of nitrogens with one attached hydrogen (secondary N) is 1. The van der Waals surface area contributed by atoms with Crippen LogP contribution in [0, 0.1) is 5.41 Å². The summed E-state index contributed by atoms with van der Waals surface area (Å²) in [5, 5.41) is 3.34. The third kappa shape index (κ3) is 1.92. The van der Waals surface area contributed by atoms with Crippen molar-refractivity contribution in [2.75, 3.05) is 19.6 Å². The van der Waals surface area contributed by atoms with Crippen LogP contribution in [-0.2, 0) is 17.9 Å². The first-order chi connectivity index (χ1) is 8.69. The number of carbonyl (C=O) groups is 1. The minimum Gasteiger partial charge on any atom is -0.333 e. The van der Waals surface area contributed by atoms with Gasteiger partial charge in [0.25, 0.3) is 0 Å². The number of fused-ring (bicyclic) bond motifs is 1. The molecule has 0 bridgehead atoms. The Labute approximate surface area is 107 Å². The number of aromatic nitrogens is 2. The number of carbonyl (C=O) groups excluding carboxylic acids is 1. The Hall–Kier alpha value is -1.36. The average molecular weight is 248 g/mol. The quantitative estimate of drug-likeness (QED) is 0.792. The zero-order valence-electron chi connectivity index (χ0n) is 10.9. The van der Waals surface area contributed by atoms with Gasteiger partial charge in [-0.05, 0) is 26.3 Å². The Bertz CT molecular complexity index is 448. The van der Waals surface area contributed by atoms with Crippen LogP contribution in [0.5, 0.6) is 0 Å². The van der Waals surface area contributed by atoms with E-state index in [1.807, 2.05) is 17.3 Å². The normalized spacial score (nSPS) is 27.9. The first-order valence-corrected chi connectivity index (χ1v) is 6.69. The Morgan fingerprint density at radius 1 is 1.50 bits per heavy atom. The minimum atomic E-state index is -0.229. The SMILES string of the molecule is CC1(C(=O)N2CCn3ccnc3C2)CCCNC1. The molecule has 1 unspecified atom stereocenters. The third-order valence-electron chi connectivity index (χ3n) is 4.15. The lowest BCUT2D eigenvalue weighted by Gasteiger charge is -2.38. The van der Waals surface area contributed by atoms with E-state index in [1.54, 1.807) is 0 Å². The van der Waals surface area contributed by atoms with Gasteiger partial charge in [0.15, 0.2) is 0 Å². The number of nitrogens with zero attached hydrogens (tertiary/aromatic N) is 3. The van der Waals surface area contributed by atoms with E-state index in [-0.39, 0.29) is 11.3 Å². The van der Waals surface area contributed by atoms with Crippen molar-refractivity contribution in [3.05, 3.63) is 18.2 Å². The monoisotopic (exact) mass is 248 g/mol. The lowest BCUT2D eigenvalue weighted by Crippen LogP contribution is -2.51. The molecule has 98 valence electrons. The van der Waals surface area contributed by atoms with Crippen LogP contribution in [0.2, 0.25) is 0 Å². The molecule has 1 N–H and O–H groups in total. The topological polar surface area (TPSA) is 50.2 Å². The summed E-state index contributed by atoms with van der Waals surface area (Å²) in [5.41, 5.74) is -0.229. The van der Waals surface area contributed by atoms with Gasteiger partial charge in [0, 0.05) is 32.0 Å². The van der Waals surface area contributed by atoms with Gasteiger partial charge in [0.2, 0.25) is 5.91 Å². The van der Waals surface area contributed by atoms with Crippen molar-refractivity contribution >= 4 is 5.91 Å². The lowest BCUT2D eigenvalue weighted by molar-refractivity contribution is -0.143. The number of imidazole rings is 1. The molecule has 0 saturated carbocycles. The van der Waals surface area contributed by atoms with E-state index in [2.05, 4.69) is 21.8 Å². The predicted octanol–water partition coefficient (Wildman–Crippen LogP) is 0.615. The number of piperidine rings is 1. The summed E-state index contributed by atoms with van der Waals surface area (Å²) in [5.74, 6) is 1.28. The second kappa shape index (κ2) is 4.39. The zero-order chi connectivity index (χ0) is 12.6. The molecule has 5 nitrogen and oxygen atoms in total. The highest BCUT2D eigenvalue weighted by molar-refractivity contribution is 5.82. The Kier molecular flexibility index (Phi) is 2.86. The molecule has 0 radical (unpaired) electrons. The fourth-order valence-electron chi connectivity index (χ4n) is 2.97. The van der Waals surface area contributed by atoms with Crippen LogP contribution >= 0.6 is 0 Å². The summed E-state index contributed by atoms with van der Waals surface area (Å²) >= 11 is 0. The molecule has 1 aromatic heterocycles. The van der Waals surface area contributed by atoms with Crippen LogP contribution in [0.15, 0.2) is 12.4 Å².